The van der Waals surface area contributed by atoms with E-state index in [1.807, 2.05) is 18.0 Å². The fraction of sp³-hybridized carbons (Fsp3) is 0.286. The van der Waals surface area contributed by atoms with Crippen molar-refractivity contribution < 1.29 is 9.90 Å². The number of thioether (sulfide) groups is 1. The molecule has 0 aromatic carbocycles. The van der Waals surface area contributed by atoms with Gasteiger partial charge >= 0.3 is 0 Å². The van der Waals surface area contributed by atoms with E-state index in [0.29, 0.717) is 11.4 Å². The van der Waals surface area contributed by atoms with Crippen LogP contribution in [0.1, 0.15) is 4.88 Å². The zero-order valence-corrected chi connectivity index (χ0v) is 15.4. The Labute approximate surface area is 146 Å². The number of carbonyl (C=O) groups excluding carboxylic acids is 1. The lowest BCUT2D eigenvalue weighted by Gasteiger charge is -2.14. The first-order valence-electron chi connectivity index (χ1n) is 6.48. The standard InChI is InChI=1S/C14H16N2O2S4/c1-15-14(18)12(20-8-19)6-9-5-10-11(21-9)7-13(22-10)16(2)3-4-17/h5-8,17H,3-4H2,1-2H3,(H,15,18)/b12-6-. The second-order valence-electron chi connectivity index (χ2n) is 4.41. The van der Waals surface area contributed by atoms with Crippen molar-refractivity contribution in [2.45, 2.75) is 0 Å². The van der Waals surface area contributed by atoms with Gasteiger partial charge in [0, 0.05) is 39.6 Å². The van der Waals surface area contributed by atoms with Gasteiger partial charge in [-0.05, 0) is 18.2 Å². The molecule has 0 aliphatic rings. The summed E-state index contributed by atoms with van der Waals surface area (Å²) in [6.07, 6.45) is 1.86. The largest absolute Gasteiger partial charge is 0.395 e. The Balaban J connectivity index is 2.27. The van der Waals surface area contributed by atoms with Crippen molar-refractivity contribution in [2.24, 2.45) is 0 Å². The first kappa shape index (κ1) is 17.4. The monoisotopic (exact) mass is 372 g/mol. The molecule has 4 nitrogen and oxygen atoms in total. The van der Waals surface area contributed by atoms with Gasteiger partial charge in [0.15, 0.2) is 0 Å². The topological polar surface area (TPSA) is 52.6 Å². The number of aliphatic hydroxyl groups excluding tert-OH is 1. The molecule has 1 amide bonds. The highest BCUT2D eigenvalue weighted by molar-refractivity contribution is 8.24. The highest BCUT2D eigenvalue weighted by Crippen LogP contribution is 2.38. The van der Waals surface area contributed by atoms with E-state index in [0.717, 1.165) is 9.88 Å². The van der Waals surface area contributed by atoms with Crippen LogP contribution in [0.3, 0.4) is 0 Å². The molecule has 0 fully saturated rings. The van der Waals surface area contributed by atoms with E-state index in [2.05, 4.69) is 17.4 Å². The van der Waals surface area contributed by atoms with Gasteiger partial charge in [-0.25, -0.2) is 0 Å². The highest BCUT2D eigenvalue weighted by Gasteiger charge is 2.11. The molecule has 0 bridgehead atoms. The third kappa shape index (κ3) is 4.08. The van der Waals surface area contributed by atoms with Gasteiger partial charge in [-0.3, -0.25) is 4.79 Å². The molecule has 0 aliphatic carbocycles. The SMILES string of the molecule is CNC(=O)/C(=C/c1cc2sc(N(C)CCO)cc2s1)SC=S. The number of fused-ring (bicyclic) bond motifs is 1. The zero-order valence-electron chi connectivity index (χ0n) is 12.2. The lowest BCUT2D eigenvalue weighted by Crippen LogP contribution is -2.19. The fourth-order valence-electron chi connectivity index (χ4n) is 1.82. The Morgan fingerprint density at radius 3 is 2.77 bits per heavy atom. The average Bonchev–Trinajstić information content (AvgIpc) is 3.04. The van der Waals surface area contributed by atoms with E-state index < -0.39 is 0 Å². The lowest BCUT2D eigenvalue weighted by molar-refractivity contribution is -0.116. The summed E-state index contributed by atoms with van der Waals surface area (Å²) in [5.74, 6) is -0.133. The molecule has 2 N–H and O–H groups in total. The number of amides is 1. The highest BCUT2D eigenvalue weighted by atomic mass is 32.2. The van der Waals surface area contributed by atoms with Crippen LogP contribution in [0.2, 0.25) is 0 Å². The molecule has 2 aromatic rings. The van der Waals surface area contributed by atoms with E-state index >= 15 is 0 Å². The van der Waals surface area contributed by atoms with Crippen LogP contribution in [0, 0.1) is 0 Å². The maximum atomic E-state index is 11.8. The van der Waals surface area contributed by atoms with Gasteiger partial charge in [0.1, 0.15) is 0 Å². The van der Waals surface area contributed by atoms with E-state index in [1.165, 1.54) is 25.9 Å². The van der Waals surface area contributed by atoms with Crippen LogP contribution in [0.4, 0.5) is 5.00 Å². The molecule has 0 spiro atoms. The number of anilines is 1. The Bertz CT molecular complexity index is 673. The molecule has 0 saturated carbocycles. The maximum Gasteiger partial charge on any atom is 0.257 e. The second kappa shape index (κ2) is 8.07. The predicted molar refractivity (Wildman–Crippen MR) is 103 cm³/mol. The molecule has 8 heteroatoms. The van der Waals surface area contributed by atoms with Crippen LogP contribution < -0.4 is 10.2 Å². The third-order valence-corrected chi connectivity index (χ3v) is 6.22. The van der Waals surface area contributed by atoms with Gasteiger partial charge < -0.3 is 15.3 Å². The van der Waals surface area contributed by atoms with Gasteiger partial charge in [0.25, 0.3) is 5.91 Å². The Morgan fingerprint density at radius 2 is 2.18 bits per heavy atom. The molecule has 0 unspecified atom stereocenters. The number of carbonyl (C=O) groups is 1. The number of aliphatic hydroxyl groups is 1. The quantitative estimate of drug-likeness (QED) is 0.578. The molecular weight excluding hydrogens is 356 g/mol. The normalized spacial score (nSPS) is 11.7. The van der Waals surface area contributed by atoms with Gasteiger partial charge in [0.2, 0.25) is 0 Å². The number of rotatable bonds is 7. The van der Waals surface area contributed by atoms with Crippen LogP contribution in [0.15, 0.2) is 17.0 Å². The molecule has 0 aliphatic heterocycles. The molecule has 0 saturated heterocycles. The summed E-state index contributed by atoms with van der Waals surface area (Å²) in [6.45, 7) is 0.757. The zero-order chi connectivity index (χ0) is 16.1. The molecule has 2 rings (SSSR count). The summed E-state index contributed by atoms with van der Waals surface area (Å²) in [4.78, 5) is 15.4. The summed E-state index contributed by atoms with van der Waals surface area (Å²) in [5, 5.41) is 12.7. The molecule has 0 radical (unpaired) electrons. The molecule has 0 atom stereocenters. The molecule has 2 aromatic heterocycles. The van der Waals surface area contributed by atoms with Crippen molar-refractivity contribution in [3.63, 3.8) is 0 Å². The molecule has 22 heavy (non-hydrogen) atoms. The minimum Gasteiger partial charge on any atom is -0.395 e. The summed E-state index contributed by atoms with van der Waals surface area (Å²) >= 11 is 9.39. The van der Waals surface area contributed by atoms with Crippen molar-refractivity contribution in [3.05, 3.63) is 21.9 Å². The predicted octanol–water partition coefficient (Wildman–Crippen LogP) is 3.17. The van der Waals surface area contributed by atoms with Crippen LogP contribution in [-0.4, -0.2) is 43.0 Å². The fourth-order valence-corrected chi connectivity index (χ4v) is 5.04. The van der Waals surface area contributed by atoms with E-state index in [9.17, 15) is 4.79 Å². The van der Waals surface area contributed by atoms with Crippen LogP contribution in [0.5, 0.6) is 0 Å². The van der Waals surface area contributed by atoms with Crippen molar-refractivity contribution >= 4 is 77.7 Å². The van der Waals surface area contributed by atoms with Crippen LogP contribution >= 0.6 is 46.7 Å². The number of thiophene rings is 2. The van der Waals surface area contributed by atoms with Crippen molar-refractivity contribution in [1.82, 2.24) is 5.32 Å². The maximum absolute atomic E-state index is 11.8. The Morgan fingerprint density at radius 1 is 1.45 bits per heavy atom. The number of nitrogens with one attached hydrogen (secondary N) is 1. The van der Waals surface area contributed by atoms with Crippen molar-refractivity contribution in [2.75, 3.05) is 32.1 Å². The van der Waals surface area contributed by atoms with Gasteiger partial charge in [-0.2, -0.15) is 0 Å². The second-order valence-corrected chi connectivity index (χ2v) is 8.03. The Kier molecular flexibility index (Phi) is 6.39. The number of hydrogen-bond donors (Lipinski definition) is 2. The van der Waals surface area contributed by atoms with Crippen molar-refractivity contribution in [1.29, 1.82) is 0 Å². The molecule has 118 valence electrons. The molecule has 2 heterocycles. The number of hydrogen-bond acceptors (Lipinski definition) is 7. The Hall–Kier alpha value is -0.930. The first-order valence-corrected chi connectivity index (χ1v) is 9.47. The summed E-state index contributed by atoms with van der Waals surface area (Å²) < 4.78 is 3.85. The van der Waals surface area contributed by atoms with E-state index in [1.54, 1.807) is 29.7 Å². The summed E-state index contributed by atoms with van der Waals surface area (Å²) in [7, 11) is 3.57. The van der Waals surface area contributed by atoms with Gasteiger partial charge in [-0.1, -0.05) is 24.0 Å². The first-order chi connectivity index (χ1) is 10.6. The average molecular weight is 373 g/mol. The number of nitrogens with zero attached hydrogens (tertiary/aromatic N) is 1. The lowest BCUT2D eigenvalue weighted by atomic mass is 10.4. The summed E-state index contributed by atoms with van der Waals surface area (Å²) in [6, 6.07) is 4.19. The van der Waals surface area contributed by atoms with Gasteiger partial charge in [0.05, 0.1) is 16.5 Å². The smallest absolute Gasteiger partial charge is 0.257 e. The minimum atomic E-state index is -0.133. The van der Waals surface area contributed by atoms with Gasteiger partial charge in [-0.15, -0.1) is 22.7 Å². The minimum absolute atomic E-state index is 0.133. The third-order valence-electron chi connectivity index (χ3n) is 2.92. The van der Waals surface area contributed by atoms with Crippen LogP contribution in [0.25, 0.3) is 15.5 Å². The van der Waals surface area contributed by atoms with E-state index in [-0.39, 0.29) is 12.5 Å². The molecular formula is C14H16N2O2S4. The van der Waals surface area contributed by atoms with Crippen LogP contribution in [-0.2, 0) is 4.79 Å². The summed E-state index contributed by atoms with van der Waals surface area (Å²) in [5.41, 5.74) is 0. The number of thiocarbonyl (C=S) groups is 1. The van der Waals surface area contributed by atoms with Crippen molar-refractivity contribution in [3.8, 4) is 0 Å². The van der Waals surface area contributed by atoms with E-state index in [4.69, 9.17) is 17.3 Å². The number of likely N-dealkylation sites (N-methyl/N-ethyl adjacent to an activating group) is 2.